The Hall–Kier alpha value is -2.28. The van der Waals surface area contributed by atoms with E-state index >= 15 is 0 Å². The lowest BCUT2D eigenvalue weighted by molar-refractivity contribution is 0.424. The highest BCUT2D eigenvalue weighted by molar-refractivity contribution is 9.10. The van der Waals surface area contributed by atoms with Crippen molar-refractivity contribution in [2.75, 3.05) is 10.0 Å². The molecule has 7 heteroatoms. The summed E-state index contributed by atoms with van der Waals surface area (Å²) in [5.41, 5.74) is 4.50. The molecule has 0 spiro atoms. The first-order chi connectivity index (χ1) is 15.3. The summed E-state index contributed by atoms with van der Waals surface area (Å²) in [7, 11) is -3.74. The zero-order valence-corrected chi connectivity index (χ0v) is 20.5. The summed E-state index contributed by atoms with van der Waals surface area (Å²) in [6.07, 6.45) is 5.36. The predicted molar refractivity (Wildman–Crippen MR) is 134 cm³/mol. The van der Waals surface area contributed by atoms with Gasteiger partial charge in [-0.3, -0.25) is 4.72 Å². The van der Waals surface area contributed by atoms with E-state index in [-0.39, 0.29) is 16.9 Å². The fraction of sp³-hybridized carbons (Fsp3) is 0.200. The molecule has 0 saturated heterocycles. The average Bonchev–Trinajstić information content (AvgIpc) is 3.26. The molecule has 0 bridgehead atoms. The minimum Gasteiger partial charge on any atom is -0.378 e. The number of anilines is 2. The van der Waals surface area contributed by atoms with Crippen molar-refractivity contribution in [2.24, 2.45) is 5.92 Å². The maximum Gasteiger partial charge on any atom is 0.261 e. The normalized spacial score (nSPS) is 21.5. The van der Waals surface area contributed by atoms with Crippen LogP contribution in [0, 0.1) is 12.8 Å². The van der Waals surface area contributed by atoms with Crippen LogP contribution < -0.4 is 10.0 Å². The number of rotatable bonds is 4. The van der Waals surface area contributed by atoms with Crippen LogP contribution in [-0.4, -0.2) is 8.42 Å². The Morgan fingerprint density at radius 3 is 2.66 bits per heavy atom. The van der Waals surface area contributed by atoms with Gasteiger partial charge in [0, 0.05) is 21.1 Å². The molecular formula is C25H22BrClN2O2S. The number of nitrogens with one attached hydrogen (secondary N) is 2. The highest BCUT2D eigenvalue weighted by atomic mass is 79.9. The van der Waals surface area contributed by atoms with Crippen molar-refractivity contribution >= 4 is 48.9 Å². The Kier molecular flexibility index (Phi) is 5.56. The molecule has 0 unspecified atom stereocenters. The summed E-state index contributed by atoms with van der Waals surface area (Å²) in [5.74, 6) is 0.487. The lowest BCUT2D eigenvalue weighted by Gasteiger charge is -2.38. The van der Waals surface area contributed by atoms with Crippen LogP contribution >= 0.6 is 27.5 Å². The molecule has 4 nitrogen and oxygen atoms in total. The zero-order chi connectivity index (χ0) is 22.5. The lowest BCUT2D eigenvalue weighted by Crippen LogP contribution is -2.29. The van der Waals surface area contributed by atoms with Gasteiger partial charge < -0.3 is 5.32 Å². The molecule has 3 aromatic rings. The van der Waals surface area contributed by atoms with E-state index in [9.17, 15) is 8.42 Å². The molecule has 0 saturated carbocycles. The van der Waals surface area contributed by atoms with Crippen molar-refractivity contribution in [3.8, 4) is 0 Å². The van der Waals surface area contributed by atoms with Crippen LogP contribution in [0.5, 0.6) is 0 Å². The molecule has 1 aliphatic heterocycles. The molecule has 0 radical (unpaired) electrons. The second kappa shape index (κ2) is 8.25. The van der Waals surface area contributed by atoms with E-state index in [4.69, 9.17) is 11.6 Å². The second-order valence-corrected chi connectivity index (χ2v) is 11.3. The molecule has 0 fully saturated rings. The number of hydrogen-bond acceptors (Lipinski definition) is 3. The molecule has 3 aromatic carbocycles. The largest absolute Gasteiger partial charge is 0.378 e. The van der Waals surface area contributed by atoms with Crippen molar-refractivity contribution in [1.82, 2.24) is 0 Å². The van der Waals surface area contributed by atoms with Crippen molar-refractivity contribution in [3.63, 3.8) is 0 Å². The maximum atomic E-state index is 13.2. The molecule has 5 rings (SSSR count). The number of sulfonamides is 1. The molecule has 0 aromatic heterocycles. The molecule has 0 amide bonds. The maximum absolute atomic E-state index is 13.2. The SMILES string of the molecule is Cc1cc(Cl)ccc1NS(=O)(=O)c1ccc2c(c1)[C@@H]1C=CC[C@H]1[C@@H](c1ccccc1Br)N2. The van der Waals surface area contributed by atoms with Crippen LogP contribution in [0.1, 0.15) is 35.1 Å². The number of allylic oxidation sites excluding steroid dienone is 2. The topological polar surface area (TPSA) is 58.2 Å². The fourth-order valence-corrected chi connectivity index (χ4v) is 6.64. The van der Waals surface area contributed by atoms with Crippen LogP contribution in [0.4, 0.5) is 11.4 Å². The van der Waals surface area contributed by atoms with Gasteiger partial charge in [0.1, 0.15) is 0 Å². The molecule has 164 valence electrons. The number of benzene rings is 3. The van der Waals surface area contributed by atoms with Crippen molar-refractivity contribution in [3.05, 3.63) is 99.0 Å². The average molecular weight is 530 g/mol. The number of aryl methyl sites for hydroxylation is 1. The molecule has 3 atom stereocenters. The quantitative estimate of drug-likeness (QED) is 0.356. The number of fused-ring (bicyclic) bond motifs is 3. The molecular weight excluding hydrogens is 508 g/mol. The van der Waals surface area contributed by atoms with Gasteiger partial charge in [0.15, 0.2) is 0 Å². The standard InChI is InChI=1S/C25H22BrClN2O2S/c1-15-13-16(27)9-11-23(15)29-32(30,31)17-10-12-24-21(14-17)18-6-4-7-19(18)25(28-24)20-5-2-3-8-22(20)26/h2-6,8-14,18-19,25,28-29H,7H2,1H3/t18-,19-,25+/m1/s1. The highest BCUT2D eigenvalue weighted by Crippen LogP contribution is 2.51. The zero-order valence-electron chi connectivity index (χ0n) is 17.3. The molecule has 2 N–H and O–H groups in total. The second-order valence-electron chi connectivity index (χ2n) is 8.31. The fourth-order valence-electron chi connectivity index (χ4n) is 4.72. The van der Waals surface area contributed by atoms with Gasteiger partial charge in [-0.1, -0.05) is 57.9 Å². The van der Waals surface area contributed by atoms with E-state index < -0.39 is 10.0 Å². The van der Waals surface area contributed by atoms with Crippen LogP contribution in [0.15, 0.2) is 82.2 Å². The monoisotopic (exact) mass is 528 g/mol. The predicted octanol–water partition coefficient (Wildman–Crippen LogP) is 7.04. The van der Waals surface area contributed by atoms with Crippen LogP contribution in [-0.2, 0) is 10.0 Å². The van der Waals surface area contributed by atoms with Crippen molar-refractivity contribution in [2.45, 2.75) is 30.2 Å². The van der Waals surface area contributed by atoms with Gasteiger partial charge in [-0.25, -0.2) is 8.42 Å². The Bertz CT molecular complexity index is 1340. The third-order valence-corrected chi connectivity index (χ3v) is 8.64. The van der Waals surface area contributed by atoms with Crippen LogP contribution in [0.25, 0.3) is 0 Å². The summed E-state index contributed by atoms with van der Waals surface area (Å²) in [5, 5.41) is 4.24. The van der Waals surface area contributed by atoms with E-state index in [0.717, 1.165) is 27.7 Å². The number of halogens is 2. The first-order valence-electron chi connectivity index (χ1n) is 10.4. The van der Waals surface area contributed by atoms with E-state index in [1.54, 1.807) is 30.3 Å². The molecule has 2 aliphatic rings. The highest BCUT2D eigenvalue weighted by Gasteiger charge is 2.39. The Balaban J connectivity index is 1.50. The van der Waals surface area contributed by atoms with Gasteiger partial charge in [-0.15, -0.1) is 0 Å². The van der Waals surface area contributed by atoms with Gasteiger partial charge in [-0.05, 0) is 78.4 Å². The lowest BCUT2D eigenvalue weighted by atomic mass is 9.77. The van der Waals surface area contributed by atoms with Crippen molar-refractivity contribution in [1.29, 1.82) is 0 Å². The number of hydrogen-bond donors (Lipinski definition) is 2. The van der Waals surface area contributed by atoms with Gasteiger partial charge in [0.05, 0.1) is 16.6 Å². The summed E-state index contributed by atoms with van der Waals surface area (Å²) in [6, 6.07) is 18.9. The van der Waals surface area contributed by atoms with Crippen molar-refractivity contribution < 1.29 is 8.42 Å². The molecule has 32 heavy (non-hydrogen) atoms. The third kappa shape index (κ3) is 3.85. The first-order valence-corrected chi connectivity index (χ1v) is 13.1. The van der Waals surface area contributed by atoms with E-state index in [2.05, 4.69) is 56.3 Å². The van der Waals surface area contributed by atoms with Gasteiger partial charge in [0.2, 0.25) is 0 Å². The molecule has 1 heterocycles. The Labute approximate surface area is 201 Å². The minimum atomic E-state index is -3.74. The third-order valence-electron chi connectivity index (χ3n) is 6.32. The van der Waals surface area contributed by atoms with Gasteiger partial charge in [0.25, 0.3) is 10.0 Å². The Morgan fingerprint density at radius 2 is 1.88 bits per heavy atom. The summed E-state index contributed by atoms with van der Waals surface area (Å²) < 4.78 is 30.1. The van der Waals surface area contributed by atoms with E-state index in [0.29, 0.717) is 16.6 Å². The minimum absolute atomic E-state index is 0.148. The Morgan fingerprint density at radius 1 is 1.06 bits per heavy atom. The van der Waals surface area contributed by atoms with Crippen LogP contribution in [0.3, 0.4) is 0 Å². The van der Waals surface area contributed by atoms with E-state index in [1.807, 2.05) is 19.1 Å². The van der Waals surface area contributed by atoms with Gasteiger partial charge >= 0.3 is 0 Å². The smallest absolute Gasteiger partial charge is 0.261 e. The van der Waals surface area contributed by atoms with Gasteiger partial charge in [-0.2, -0.15) is 0 Å². The first kappa shape index (κ1) is 21.6. The van der Waals surface area contributed by atoms with Crippen LogP contribution in [0.2, 0.25) is 5.02 Å². The summed E-state index contributed by atoms with van der Waals surface area (Å²) in [6.45, 7) is 1.83. The van der Waals surface area contributed by atoms with E-state index in [1.165, 1.54) is 5.56 Å². The summed E-state index contributed by atoms with van der Waals surface area (Å²) in [4.78, 5) is 0.255. The summed E-state index contributed by atoms with van der Waals surface area (Å²) >= 11 is 9.70. The molecule has 1 aliphatic carbocycles.